The zero-order valence-corrected chi connectivity index (χ0v) is 10.6. The Balaban J connectivity index is 2.44. The summed E-state index contributed by atoms with van der Waals surface area (Å²) in [5.74, 6) is 1.56. The molecule has 1 N–H and O–H groups in total. The fraction of sp³-hybridized carbons (Fsp3) is 0.833. The molecule has 4 nitrogen and oxygen atoms in total. The minimum atomic E-state index is -0.200. The maximum atomic E-state index is 9.66. The third kappa shape index (κ3) is 4.31. The van der Waals surface area contributed by atoms with E-state index in [-0.39, 0.29) is 6.10 Å². The SMILES string of the molecule is CCCC(O)CCc1ncnn1CC(C)C. The molecule has 0 fully saturated rings. The zero-order chi connectivity index (χ0) is 12.0. The molecule has 92 valence electrons. The molecule has 4 heteroatoms. The second-order valence-corrected chi connectivity index (χ2v) is 4.73. The van der Waals surface area contributed by atoms with Crippen LogP contribution < -0.4 is 0 Å². The largest absolute Gasteiger partial charge is 0.393 e. The summed E-state index contributed by atoms with van der Waals surface area (Å²) in [5.41, 5.74) is 0. The van der Waals surface area contributed by atoms with Crippen LogP contribution in [0.4, 0.5) is 0 Å². The number of aliphatic hydroxyl groups excluding tert-OH is 1. The first-order valence-corrected chi connectivity index (χ1v) is 6.18. The predicted molar refractivity (Wildman–Crippen MR) is 64.1 cm³/mol. The second kappa shape index (κ2) is 6.63. The second-order valence-electron chi connectivity index (χ2n) is 4.73. The summed E-state index contributed by atoms with van der Waals surface area (Å²) in [6.07, 6.45) is 4.90. The molecule has 16 heavy (non-hydrogen) atoms. The molecule has 0 aliphatic heterocycles. The number of nitrogens with zero attached hydrogens (tertiary/aromatic N) is 3. The first kappa shape index (κ1) is 13.2. The quantitative estimate of drug-likeness (QED) is 0.772. The van der Waals surface area contributed by atoms with E-state index in [0.717, 1.165) is 38.1 Å². The van der Waals surface area contributed by atoms with Gasteiger partial charge in [-0.3, -0.25) is 0 Å². The van der Waals surface area contributed by atoms with Gasteiger partial charge in [0.15, 0.2) is 0 Å². The van der Waals surface area contributed by atoms with Crippen LogP contribution in [0.5, 0.6) is 0 Å². The van der Waals surface area contributed by atoms with Crippen molar-refractivity contribution in [2.24, 2.45) is 5.92 Å². The molecule has 0 saturated heterocycles. The van der Waals surface area contributed by atoms with Gasteiger partial charge < -0.3 is 5.11 Å². The van der Waals surface area contributed by atoms with Gasteiger partial charge in [0.25, 0.3) is 0 Å². The molecular weight excluding hydrogens is 202 g/mol. The number of rotatable bonds is 7. The van der Waals surface area contributed by atoms with Crippen molar-refractivity contribution < 1.29 is 5.11 Å². The van der Waals surface area contributed by atoms with Crippen LogP contribution in [-0.2, 0) is 13.0 Å². The zero-order valence-electron chi connectivity index (χ0n) is 10.6. The van der Waals surface area contributed by atoms with E-state index >= 15 is 0 Å². The van der Waals surface area contributed by atoms with Gasteiger partial charge >= 0.3 is 0 Å². The first-order chi connectivity index (χ1) is 7.63. The fourth-order valence-electron chi connectivity index (χ4n) is 1.75. The molecule has 0 aromatic carbocycles. The Morgan fingerprint density at radius 2 is 2.12 bits per heavy atom. The maximum Gasteiger partial charge on any atom is 0.138 e. The Hall–Kier alpha value is -0.900. The van der Waals surface area contributed by atoms with Crippen molar-refractivity contribution in [2.75, 3.05) is 0 Å². The molecule has 0 bridgehead atoms. The minimum Gasteiger partial charge on any atom is -0.393 e. The third-order valence-corrected chi connectivity index (χ3v) is 2.56. The first-order valence-electron chi connectivity index (χ1n) is 6.18. The van der Waals surface area contributed by atoms with Crippen molar-refractivity contribution in [3.05, 3.63) is 12.2 Å². The Morgan fingerprint density at radius 1 is 1.38 bits per heavy atom. The van der Waals surface area contributed by atoms with Crippen LogP contribution in [0.15, 0.2) is 6.33 Å². The molecule has 1 rings (SSSR count). The summed E-state index contributed by atoms with van der Waals surface area (Å²) in [6.45, 7) is 7.32. The van der Waals surface area contributed by atoms with Gasteiger partial charge in [0, 0.05) is 13.0 Å². The number of aromatic nitrogens is 3. The summed E-state index contributed by atoms with van der Waals surface area (Å²) in [5, 5.41) is 13.9. The number of hydrogen-bond donors (Lipinski definition) is 1. The van der Waals surface area contributed by atoms with Gasteiger partial charge in [0.2, 0.25) is 0 Å². The van der Waals surface area contributed by atoms with Crippen LogP contribution in [-0.4, -0.2) is 26.0 Å². The minimum absolute atomic E-state index is 0.200. The van der Waals surface area contributed by atoms with Crippen LogP contribution in [0.2, 0.25) is 0 Å². The highest BCUT2D eigenvalue weighted by atomic mass is 16.3. The summed E-state index contributed by atoms with van der Waals surface area (Å²) in [4.78, 5) is 4.24. The average Bonchev–Trinajstić information content (AvgIpc) is 2.62. The van der Waals surface area contributed by atoms with E-state index in [9.17, 15) is 5.11 Å². The van der Waals surface area contributed by atoms with Gasteiger partial charge in [-0.15, -0.1) is 0 Å². The summed E-state index contributed by atoms with van der Waals surface area (Å²) in [6, 6.07) is 0. The topological polar surface area (TPSA) is 50.9 Å². The predicted octanol–water partition coefficient (Wildman–Crippen LogP) is 2.03. The van der Waals surface area contributed by atoms with Gasteiger partial charge in [0.1, 0.15) is 12.2 Å². The van der Waals surface area contributed by atoms with Crippen molar-refractivity contribution >= 4 is 0 Å². The van der Waals surface area contributed by atoms with Gasteiger partial charge in [-0.05, 0) is 18.8 Å². The van der Waals surface area contributed by atoms with Gasteiger partial charge in [-0.25, -0.2) is 9.67 Å². The van der Waals surface area contributed by atoms with Gasteiger partial charge in [-0.2, -0.15) is 5.10 Å². The Kier molecular flexibility index (Phi) is 5.46. The van der Waals surface area contributed by atoms with Crippen LogP contribution in [0.3, 0.4) is 0 Å². The van der Waals surface area contributed by atoms with Crippen molar-refractivity contribution in [3.63, 3.8) is 0 Å². The van der Waals surface area contributed by atoms with E-state index in [2.05, 4.69) is 30.9 Å². The maximum absolute atomic E-state index is 9.66. The van der Waals surface area contributed by atoms with Crippen LogP contribution in [0.25, 0.3) is 0 Å². The smallest absolute Gasteiger partial charge is 0.138 e. The van der Waals surface area contributed by atoms with Gasteiger partial charge in [-0.1, -0.05) is 27.2 Å². The highest BCUT2D eigenvalue weighted by Crippen LogP contribution is 2.08. The molecule has 1 heterocycles. The number of aryl methyl sites for hydroxylation is 1. The molecule has 0 radical (unpaired) electrons. The highest BCUT2D eigenvalue weighted by Gasteiger charge is 2.09. The molecule has 1 atom stereocenters. The number of aliphatic hydroxyl groups is 1. The molecule has 1 aromatic rings. The van der Waals surface area contributed by atoms with Crippen LogP contribution in [0, 0.1) is 5.92 Å². The summed E-state index contributed by atoms with van der Waals surface area (Å²) >= 11 is 0. The Bertz CT molecular complexity index is 296. The van der Waals surface area contributed by atoms with E-state index < -0.39 is 0 Å². The molecule has 1 aromatic heterocycles. The van der Waals surface area contributed by atoms with E-state index in [1.165, 1.54) is 0 Å². The summed E-state index contributed by atoms with van der Waals surface area (Å²) in [7, 11) is 0. The molecule has 0 saturated carbocycles. The highest BCUT2D eigenvalue weighted by molar-refractivity contribution is 4.85. The van der Waals surface area contributed by atoms with Gasteiger partial charge in [0.05, 0.1) is 6.10 Å². The van der Waals surface area contributed by atoms with Crippen LogP contribution >= 0.6 is 0 Å². The van der Waals surface area contributed by atoms with Crippen molar-refractivity contribution in [2.45, 2.75) is 59.1 Å². The lowest BCUT2D eigenvalue weighted by Gasteiger charge is -2.10. The fourth-order valence-corrected chi connectivity index (χ4v) is 1.75. The Labute approximate surface area is 97.7 Å². The average molecular weight is 225 g/mol. The normalized spacial score (nSPS) is 13.3. The van der Waals surface area contributed by atoms with Crippen molar-refractivity contribution in [1.82, 2.24) is 14.8 Å². The Morgan fingerprint density at radius 3 is 2.75 bits per heavy atom. The third-order valence-electron chi connectivity index (χ3n) is 2.56. The molecule has 1 unspecified atom stereocenters. The number of hydrogen-bond acceptors (Lipinski definition) is 3. The lowest BCUT2D eigenvalue weighted by Crippen LogP contribution is -2.13. The van der Waals surface area contributed by atoms with Crippen LogP contribution in [0.1, 0.15) is 45.9 Å². The molecule has 0 spiro atoms. The van der Waals surface area contributed by atoms with Crippen molar-refractivity contribution in [1.29, 1.82) is 0 Å². The molecule has 0 amide bonds. The molecular formula is C12H23N3O. The molecule has 0 aliphatic rings. The molecule has 0 aliphatic carbocycles. The van der Waals surface area contributed by atoms with E-state index in [1.54, 1.807) is 6.33 Å². The van der Waals surface area contributed by atoms with E-state index in [4.69, 9.17) is 0 Å². The lowest BCUT2D eigenvalue weighted by atomic mass is 10.1. The van der Waals surface area contributed by atoms with E-state index in [1.807, 2.05) is 4.68 Å². The van der Waals surface area contributed by atoms with Crippen molar-refractivity contribution in [3.8, 4) is 0 Å². The standard InChI is InChI=1S/C12H23N3O/c1-4-5-11(16)6-7-12-13-9-14-15(12)8-10(2)3/h9-11,16H,4-8H2,1-3H3. The van der Waals surface area contributed by atoms with E-state index in [0.29, 0.717) is 5.92 Å². The summed E-state index contributed by atoms with van der Waals surface area (Å²) < 4.78 is 1.95. The monoisotopic (exact) mass is 225 g/mol. The lowest BCUT2D eigenvalue weighted by molar-refractivity contribution is 0.152.